The maximum Gasteiger partial charge on any atom is 0.328 e. The SMILES string of the molecule is O=C(CCn1ccc(=O)[nH]c1=O)NCCn1nc(-n2cncn2)ccc1=O. The van der Waals surface area contributed by atoms with Gasteiger partial charge < -0.3 is 9.88 Å². The molecule has 2 N–H and O–H groups in total. The molecular weight excluding hydrogens is 356 g/mol. The first kappa shape index (κ1) is 18.0. The molecule has 3 aromatic heterocycles. The van der Waals surface area contributed by atoms with E-state index in [4.69, 9.17) is 0 Å². The topological polar surface area (TPSA) is 150 Å². The summed E-state index contributed by atoms with van der Waals surface area (Å²) in [6, 6.07) is 4.09. The minimum absolute atomic E-state index is 0.0489. The summed E-state index contributed by atoms with van der Waals surface area (Å²) < 4.78 is 3.86. The van der Waals surface area contributed by atoms with E-state index in [1.54, 1.807) is 0 Å². The number of carbonyl (C=O) groups is 1. The van der Waals surface area contributed by atoms with Crippen LogP contribution in [0.1, 0.15) is 6.42 Å². The first-order valence-electron chi connectivity index (χ1n) is 8.02. The van der Waals surface area contributed by atoms with Crippen molar-refractivity contribution in [3.63, 3.8) is 0 Å². The molecule has 0 aliphatic rings. The van der Waals surface area contributed by atoms with E-state index in [-0.39, 0.29) is 37.5 Å². The highest BCUT2D eigenvalue weighted by molar-refractivity contribution is 5.75. The summed E-state index contributed by atoms with van der Waals surface area (Å²) >= 11 is 0. The number of aryl methyl sites for hydroxylation is 1. The Hall–Kier alpha value is -3.83. The van der Waals surface area contributed by atoms with Crippen molar-refractivity contribution in [2.45, 2.75) is 19.5 Å². The number of aromatic amines is 1. The van der Waals surface area contributed by atoms with E-state index in [1.807, 2.05) is 0 Å². The highest BCUT2D eigenvalue weighted by Gasteiger charge is 2.06. The van der Waals surface area contributed by atoms with Gasteiger partial charge in [0, 0.05) is 37.8 Å². The summed E-state index contributed by atoms with van der Waals surface area (Å²) in [5.74, 6) is 0.129. The van der Waals surface area contributed by atoms with Crippen LogP contribution in [0.4, 0.5) is 0 Å². The van der Waals surface area contributed by atoms with E-state index >= 15 is 0 Å². The van der Waals surface area contributed by atoms with Crippen molar-refractivity contribution in [3.8, 4) is 5.82 Å². The predicted molar refractivity (Wildman–Crippen MR) is 92.4 cm³/mol. The van der Waals surface area contributed by atoms with Gasteiger partial charge in [-0.25, -0.2) is 19.1 Å². The maximum absolute atomic E-state index is 11.9. The quantitative estimate of drug-likeness (QED) is 0.481. The highest BCUT2D eigenvalue weighted by Crippen LogP contribution is 1.96. The molecule has 0 aliphatic heterocycles. The lowest BCUT2D eigenvalue weighted by molar-refractivity contribution is -0.121. The van der Waals surface area contributed by atoms with Gasteiger partial charge in [0.1, 0.15) is 12.7 Å². The summed E-state index contributed by atoms with van der Waals surface area (Å²) in [6.07, 6.45) is 4.18. The maximum atomic E-state index is 11.9. The third-order valence-corrected chi connectivity index (χ3v) is 3.63. The lowest BCUT2D eigenvalue weighted by atomic mass is 10.4. The molecule has 0 aliphatic carbocycles. The van der Waals surface area contributed by atoms with Crippen molar-refractivity contribution in [3.05, 3.63) is 68.2 Å². The molecule has 0 atom stereocenters. The zero-order valence-electron chi connectivity index (χ0n) is 14.1. The Morgan fingerprint density at radius 2 is 2.00 bits per heavy atom. The van der Waals surface area contributed by atoms with E-state index in [0.29, 0.717) is 5.82 Å². The van der Waals surface area contributed by atoms with E-state index in [2.05, 4.69) is 25.5 Å². The lowest BCUT2D eigenvalue weighted by Gasteiger charge is -2.08. The Morgan fingerprint density at radius 1 is 1.15 bits per heavy atom. The minimum atomic E-state index is -0.573. The fourth-order valence-electron chi connectivity index (χ4n) is 2.28. The van der Waals surface area contributed by atoms with Crippen LogP contribution in [0.15, 0.2) is 51.4 Å². The van der Waals surface area contributed by atoms with Gasteiger partial charge in [0.2, 0.25) is 5.91 Å². The molecule has 0 spiro atoms. The standard InChI is InChI=1S/C15H16N8O4/c24-12(3-6-21-7-4-13(25)19-15(21)27)17-5-8-22-14(26)2-1-11(20-22)23-10-16-9-18-23/h1-2,4,7,9-10H,3,5-6,8H2,(H,17,24)(H,19,25,27). The summed E-state index contributed by atoms with van der Waals surface area (Å²) in [7, 11) is 0. The molecule has 0 saturated carbocycles. The molecule has 12 heteroatoms. The third kappa shape index (κ3) is 4.62. The van der Waals surface area contributed by atoms with E-state index in [0.717, 1.165) is 0 Å². The van der Waals surface area contributed by atoms with Gasteiger partial charge in [-0.3, -0.25) is 19.4 Å². The number of nitrogens with one attached hydrogen (secondary N) is 2. The Balaban J connectivity index is 1.53. The second-order valence-electron chi connectivity index (χ2n) is 5.50. The number of H-pyrrole nitrogens is 1. The normalized spacial score (nSPS) is 10.7. The summed E-state index contributed by atoms with van der Waals surface area (Å²) in [6.45, 7) is 0.486. The van der Waals surface area contributed by atoms with Crippen LogP contribution in [0, 0.1) is 0 Å². The van der Waals surface area contributed by atoms with Gasteiger partial charge in [-0.05, 0) is 6.07 Å². The van der Waals surface area contributed by atoms with Gasteiger partial charge in [-0.2, -0.15) is 5.10 Å². The van der Waals surface area contributed by atoms with E-state index in [9.17, 15) is 19.2 Å². The van der Waals surface area contributed by atoms with Crippen LogP contribution in [0.25, 0.3) is 5.82 Å². The van der Waals surface area contributed by atoms with Crippen LogP contribution in [-0.4, -0.2) is 46.5 Å². The molecule has 1 amide bonds. The van der Waals surface area contributed by atoms with Crippen LogP contribution >= 0.6 is 0 Å². The second kappa shape index (κ2) is 8.03. The number of hydrogen-bond donors (Lipinski definition) is 2. The predicted octanol–water partition coefficient (Wildman–Crippen LogP) is -2.12. The van der Waals surface area contributed by atoms with Crippen molar-refractivity contribution in [1.29, 1.82) is 0 Å². The van der Waals surface area contributed by atoms with E-state index in [1.165, 1.54) is 51.0 Å². The first-order valence-corrected chi connectivity index (χ1v) is 8.02. The molecule has 0 aromatic carbocycles. The number of rotatable bonds is 7. The van der Waals surface area contributed by atoms with Gasteiger partial charge in [-0.1, -0.05) is 0 Å². The highest BCUT2D eigenvalue weighted by atomic mass is 16.2. The number of aromatic nitrogens is 7. The molecule has 12 nitrogen and oxygen atoms in total. The molecule has 0 unspecified atom stereocenters. The minimum Gasteiger partial charge on any atom is -0.354 e. The molecular formula is C15H16N8O4. The zero-order valence-corrected chi connectivity index (χ0v) is 14.1. The molecule has 0 fully saturated rings. The smallest absolute Gasteiger partial charge is 0.328 e. The van der Waals surface area contributed by atoms with Crippen molar-refractivity contribution in [1.82, 2.24) is 39.4 Å². The molecule has 3 aromatic rings. The van der Waals surface area contributed by atoms with Crippen LogP contribution in [0.5, 0.6) is 0 Å². The number of nitrogens with zero attached hydrogens (tertiary/aromatic N) is 6. The first-order chi connectivity index (χ1) is 13.0. The average molecular weight is 372 g/mol. The molecule has 3 heterocycles. The van der Waals surface area contributed by atoms with Crippen LogP contribution in [0.2, 0.25) is 0 Å². The number of hydrogen-bond acceptors (Lipinski definition) is 7. The molecule has 0 radical (unpaired) electrons. The molecule has 0 bridgehead atoms. The fraction of sp³-hybridized carbons (Fsp3) is 0.267. The van der Waals surface area contributed by atoms with Gasteiger partial charge >= 0.3 is 5.69 Å². The average Bonchev–Trinajstić information content (AvgIpc) is 3.17. The molecule has 140 valence electrons. The van der Waals surface area contributed by atoms with E-state index < -0.39 is 11.2 Å². The molecule has 0 saturated heterocycles. The molecule has 3 rings (SSSR count). The van der Waals surface area contributed by atoms with Gasteiger partial charge in [-0.15, -0.1) is 5.10 Å². The Labute approximate surface area is 151 Å². The summed E-state index contributed by atoms with van der Waals surface area (Å²) in [4.78, 5) is 52.2. The Bertz CT molecular complexity index is 1100. The van der Waals surface area contributed by atoms with Crippen LogP contribution < -0.4 is 22.1 Å². The van der Waals surface area contributed by atoms with Crippen LogP contribution in [-0.2, 0) is 17.9 Å². The van der Waals surface area contributed by atoms with Gasteiger partial charge in [0.25, 0.3) is 11.1 Å². The monoisotopic (exact) mass is 372 g/mol. The zero-order chi connectivity index (χ0) is 19.2. The van der Waals surface area contributed by atoms with Crippen molar-refractivity contribution in [2.24, 2.45) is 0 Å². The summed E-state index contributed by atoms with van der Waals surface area (Å²) in [5, 5.41) is 10.8. The van der Waals surface area contributed by atoms with Gasteiger partial charge in [0.15, 0.2) is 5.82 Å². The van der Waals surface area contributed by atoms with Crippen molar-refractivity contribution in [2.75, 3.05) is 6.54 Å². The fourth-order valence-corrected chi connectivity index (χ4v) is 2.28. The Morgan fingerprint density at radius 3 is 2.74 bits per heavy atom. The van der Waals surface area contributed by atoms with Gasteiger partial charge in [0.05, 0.1) is 6.54 Å². The van der Waals surface area contributed by atoms with Crippen LogP contribution in [0.3, 0.4) is 0 Å². The summed E-state index contributed by atoms with van der Waals surface area (Å²) in [5.41, 5.74) is -1.38. The Kier molecular flexibility index (Phi) is 5.35. The van der Waals surface area contributed by atoms with Crippen molar-refractivity contribution >= 4 is 5.91 Å². The second-order valence-corrected chi connectivity index (χ2v) is 5.50. The molecule has 27 heavy (non-hydrogen) atoms. The lowest BCUT2D eigenvalue weighted by Crippen LogP contribution is -2.34. The van der Waals surface area contributed by atoms with Crippen molar-refractivity contribution < 1.29 is 4.79 Å². The number of amides is 1. The number of carbonyl (C=O) groups excluding carboxylic acids is 1. The third-order valence-electron chi connectivity index (χ3n) is 3.63. The largest absolute Gasteiger partial charge is 0.354 e.